The van der Waals surface area contributed by atoms with Crippen molar-refractivity contribution in [3.63, 3.8) is 0 Å². The number of nitrogens with zero attached hydrogens (tertiary/aromatic N) is 3. The largest absolute Gasteiger partial charge is 0.392 e. The minimum atomic E-state index is -0.557. The maximum absolute atomic E-state index is 12.4. The number of thiazole rings is 1. The first-order chi connectivity index (χ1) is 9.99. The van der Waals surface area contributed by atoms with E-state index in [0.717, 1.165) is 31.1 Å². The predicted molar refractivity (Wildman–Crippen MR) is 85.8 cm³/mol. The summed E-state index contributed by atoms with van der Waals surface area (Å²) in [6, 6.07) is 0. The van der Waals surface area contributed by atoms with E-state index in [4.69, 9.17) is 5.73 Å². The molecule has 0 spiro atoms. The van der Waals surface area contributed by atoms with Crippen molar-refractivity contribution in [1.29, 1.82) is 0 Å². The minimum Gasteiger partial charge on any atom is -0.392 e. The van der Waals surface area contributed by atoms with E-state index in [0.29, 0.717) is 10.7 Å². The number of rotatable bonds is 4. The van der Waals surface area contributed by atoms with Crippen LogP contribution >= 0.6 is 11.3 Å². The van der Waals surface area contributed by atoms with E-state index < -0.39 is 6.10 Å². The van der Waals surface area contributed by atoms with Gasteiger partial charge in [-0.2, -0.15) is 0 Å². The summed E-state index contributed by atoms with van der Waals surface area (Å²) in [4.78, 5) is 20.9. The Morgan fingerprint density at radius 3 is 2.62 bits per heavy atom. The number of carbonyl (C=O) groups excluding carboxylic acids is 1. The second-order valence-corrected chi connectivity index (χ2v) is 6.62. The van der Waals surface area contributed by atoms with Crippen LogP contribution in [0.15, 0.2) is 0 Å². The molecule has 0 aliphatic carbocycles. The Kier molecular flexibility index (Phi) is 5.41. The van der Waals surface area contributed by atoms with Crippen LogP contribution in [0.3, 0.4) is 0 Å². The van der Waals surface area contributed by atoms with Gasteiger partial charge in [-0.1, -0.05) is 24.2 Å². The zero-order chi connectivity index (χ0) is 15.4. The van der Waals surface area contributed by atoms with Gasteiger partial charge in [0.25, 0.3) is 5.91 Å². The number of anilines is 2. The molecule has 6 nitrogen and oxygen atoms in total. The third-order valence-corrected chi connectivity index (χ3v) is 4.72. The summed E-state index contributed by atoms with van der Waals surface area (Å²) < 4.78 is 0. The topological polar surface area (TPSA) is 82.7 Å². The molecule has 0 aromatic carbocycles. The lowest BCUT2D eigenvalue weighted by atomic mass is 10.2. The normalized spacial score (nSPS) is 17.4. The van der Waals surface area contributed by atoms with Crippen molar-refractivity contribution in [1.82, 2.24) is 9.88 Å². The Hall–Kier alpha value is -1.34. The Bertz CT molecular complexity index is 481. The lowest BCUT2D eigenvalue weighted by molar-refractivity contribution is 0.0709. The number of aromatic nitrogens is 1. The van der Waals surface area contributed by atoms with Crippen LogP contribution in [-0.2, 0) is 0 Å². The third kappa shape index (κ3) is 4.07. The first kappa shape index (κ1) is 16.0. The van der Waals surface area contributed by atoms with Gasteiger partial charge in [0.1, 0.15) is 10.7 Å². The van der Waals surface area contributed by atoms with Crippen LogP contribution in [0.5, 0.6) is 0 Å². The van der Waals surface area contributed by atoms with Crippen molar-refractivity contribution in [2.24, 2.45) is 0 Å². The summed E-state index contributed by atoms with van der Waals surface area (Å²) in [5, 5.41) is 10.2. The Labute approximate surface area is 129 Å². The third-order valence-electron chi connectivity index (χ3n) is 3.60. The van der Waals surface area contributed by atoms with Gasteiger partial charge in [-0.3, -0.25) is 4.79 Å². The molecule has 0 radical (unpaired) electrons. The molecule has 118 valence electrons. The SMILES string of the molecule is CC(O)CN(C)C(=O)c1sc(N2CCCCCC2)nc1N. The first-order valence-electron chi connectivity index (χ1n) is 7.44. The number of aliphatic hydroxyl groups is 1. The van der Waals surface area contributed by atoms with E-state index in [-0.39, 0.29) is 12.5 Å². The van der Waals surface area contributed by atoms with Gasteiger partial charge in [-0.15, -0.1) is 0 Å². The molecule has 1 unspecified atom stereocenters. The van der Waals surface area contributed by atoms with Crippen molar-refractivity contribution in [3.8, 4) is 0 Å². The zero-order valence-electron chi connectivity index (χ0n) is 12.7. The van der Waals surface area contributed by atoms with E-state index in [1.165, 1.54) is 29.1 Å². The van der Waals surface area contributed by atoms with Crippen LogP contribution in [0, 0.1) is 0 Å². The number of likely N-dealkylation sites (N-methyl/N-ethyl adjacent to an activating group) is 1. The molecule has 21 heavy (non-hydrogen) atoms. The summed E-state index contributed by atoms with van der Waals surface area (Å²) in [6.45, 7) is 3.89. The van der Waals surface area contributed by atoms with E-state index in [1.807, 2.05) is 0 Å². The fourth-order valence-corrected chi connectivity index (χ4v) is 3.55. The van der Waals surface area contributed by atoms with Crippen LogP contribution in [0.1, 0.15) is 42.3 Å². The van der Waals surface area contributed by atoms with Gasteiger partial charge >= 0.3 is 0 Å². The Balaban J connectivity index is 2.12. The number of nitrogen functional groups attached to an aromatic ring is 1. The fourth-order valence-electron chi connectivity index (χ4n) is 2.52. The van der Waals surface area contributed by atoms with Crippen LogP contribution < -0.4 is 10.6 Å². The minimum absolute atomic E-state index is 0.174. The Morgan fingerprint density at radius 2 is 2.05 bits per heavy atom. The molecular formula is C14H24N4O2S. The maximum atomic E-state index is 12.4. The molecule has 2 rings (SSSR count). The van der Waals surface area contributed by atoms with E-state index >= 15 is 0 Å². The molecule has 3 N–H and O–H groups in total. The second kappa shape index (κ2) is 7.09. The molecular weight excluding hydrogens is 288 g/mol. The number of hydrogen-bond donors (Lipinski definition) is 2. The Morgan fingerprint density at radius 1 is 1.43 bits per heavy atom. The van der Waals surface area contributed by atoms with E-state index in [2.05, 4.69) is 9.88 Å². The average molecular weight is 312 g/mol. The van der Waals surface area contributed by atoms with Gasteiger partial charge in [0.2, 0.25) is 0 Å². The molecule has 1 aliphatic heterocycles. The summed E-state index contributed by atoms with van der Waals surface area (Å²) in [5.74, 6) is 0.119. The fraction of sp³-hybridized carbons (Fsp3) is 0.714. The highest BCUT2D eigenvalue weighted by Gasteiger charge is 2.23. The second-order valence-electron chi connectivity index (χ2n) is 5.65. The molecule has 7 heteroatoms. The number of amides is 1. The molecule has 1 saturated heterocycles. The first-order valence-corrected chi connectivity index (χ1v) is 8.25. The van der Waals surface area contributed by atoms with Gasteiger partial charge in [-0.05, 0) is 19.8 Å². The van der Waals surface area contributed by atoms with Crippen LogP contribution in [0.25, 0.3) is 0 Å². The number of carbonyl (C=O) groups is 1. The van der Waals surface area contributed by atoms with Crippen LogP contribution in [0.2, 0.25) is 0 Å². The van der Waals surface area contributed by atoms with Crippen molar-refractivity contribution in [3.05, 3.63) is 4.88 Å². The summed E-state index contributed by atoms with van der Waals surface area (Å²) in [5.41, 5.74) is 5.92. The molecule has 1 amide bonds. The molecule has 0 saturated carbocycles. The highest BCUT2D eigenvalue weighted by molar-refractivity contribution is 7.18. The number of nitrogens with two attached hydrogens (primary N) is 1. The van der Waals surface area contributed by atoms with Crippen molar-refractivity contribution >= 4 is 28.2 Å². The summed E-state index contributed by atoms with van der Waals surface area (Å²) in [7, 11) is 1.67. The van der Waals surface area contributed by atoms with Gasteiger partial charge in [0, 0.05) is 26.7 Å². The maximum Gasteiger partial charge on any atom is 0.267 e. The van der Waals surface area contributed by atoms with Crippen LogP contribution in [0.4, 0.5) is 10.9 Å². The number of hydrogen-bond acceptors (Lipinski definition) is 6. The molecule has 0 bridgehead atoms. The van der Waals surface area contributed by atoms with Crippen LogP contribution in [-0.4, -0.2) is 53.7 Å². The van der Waals surface area contributed by atoms with Crippen molar-refractivity contribution in [2.75, 3.05) is 37.3 Å². The van der Waals surface area contributed by atoms with Gasteiger partial charge in [0.15, 0.2) is 5.13 Å². The smallest absolute Gasteiger partial charge is 0.267 e. The monoisotopic (exact) mass is 312 g/mol. The standard InChI is InChI=1S/C14H24N4O2S/c1-10(19)9-17(2)13(20)11-12(15)16-14(21-11)18-7-5-3-4-6-8-18/h10,19H,3-9,15H2,1-2H3. The predicted octanol–water partition coefficient (Wildman–Crippen LogP) is 1.56. The lowest BCUT2D eigenvalue weighted by Gasteiger charge is -2.19. The molecule has 1 aliphatic rings. The highest BCUT2D eigenvalue weighted by atomic mass is 32.1. The lowest BCUT2D eigenvalue weighted by Crippen LogP contribution is -2.32. The molecule has 1 fully saturated rings. The van der Waals surface area contributed by atoms with Gasteiger partial charge in [-0.25, -0.2) is 4.98 Å². The molecule has 1 atom stereocenters. The van der Waals surface area contributed by atoms with Crippen molar-refractivity contribution < 1.29 is 9.90 Å². The highest BCUT2D eigenvalue weighted by Crippen LogP contribution is 2.30. The molecule has 2 heterocycles. The van der Waals surface area contributed by atoms with Gasteiger partial charge < -0.3 is 20.6 Å². The van der Waals surface area contributed by atoms with E-state index in [1.54, 1.807) is 14.0 Å². The number of aliphatic hydroxyl groups excluding tert-OH is 1. The average Bonchev–Trinajstić information content (AvgIpc) is 2.65. The quantitative estimate of drug-likeness (QED) is 0.881. The zero-order valence-corrected chi connectivity index (χ0v) is 13.5. The van der Waals surface area contributed by atoms with Gasteiger partial charge in [0.05, 0.1) is 6.10 Å². The molecule has 1 aromatic heterocycles. The molecule has 1 aromatic rings. The van der Waals surface area contributed by atoms with Crippen molar-refractivity contribution in [2.45, 2.75) is 38.7 Å². The van der Waals surface area contributed by atoms with E-state index in [9.17, 15) is 9.90 Å². The summed E-state index contributed by atoms with van der Waals surface area (Å²) >= 11 is 1.36. The summed E-state index contributed by atoms with van der Waals surface area (Å²) in [6.07, 6.45) is 4.26.